The molecule has 2 heterocycles. The molecule has 27 heavy (non-hydrogen) atoms. The molecule has 3 N–H and O–H groups in total. The summed E-state index contributed by atoms with van der Waals surface area (Å²) in [4.78, 5) is 2.44. The third-order valence-corrected chi connectivity index (χ3v) is 8.77. The van der Waals surface area contributed by atoms with Gasteiger partial charge in [0.15, 0.2) is 11.5 Å². The number of phenolic OH excluding ortho intramolecular Hbond substituents is 1. The van der Waals surface area contributed by atoms with Crippen molar-refractivity contribution in [3.05, 3.63) is 35.4 Å². The van der Waals surface area contributed by atoms with Crippen LogP contribution < -0.4 is 4.74 Å². The summed E-state index contributed by atoms with van der Waals surface area (Å²) in [6.45, 7) is 6.14. The number of aromatic hydroxyl groups is 1. The largest absolute Gasteiger partial charge is 0.504 e. The predicted octanol–water partition coefficient (Wildman–Crippen LogP) is 2.00. The first-order chi connectivity index (χ1) is 12.9. The molecular formula is C22H25NO4. The van der Waals surface area contributed by atoms with E-state index in [1.165, 1.54) is 12.8 Å². The molecule has 2 spiro atoms. The second-order valence-corrected chi connectivity index (χ2v) is 10.0. The molecule has 1 saturated heterocycles. The third kappa shape index (κ3) is 1.38. The molecule has 3 saturated carbocycles. The molecule has 0 aromatic heterocycles. The number of aliphatic hydroxyl groups excluding tert-OH is 1. The van der Waals surface area contributed by atoms with E-state index in [2.05, 4.69) is 11.5 Å². The fourth-order valence-electron chi connectivity index (χ4n) is 7.74. The van der Waals surface area contributed by atoms with Gasteiger partial charge in [-0.1, -0.05) is 12.6 Å². The van der Waals surface area contributed by atoms with Crippen LogP contribution in [-0.4, -0.2) is 51.1 Å². The molecule has 2 aliphatic heterocycles. The van der Waals surface area contributed by atoms with Crippen LogP contribution in [0.15, 0.2) is 24.3 Å². The van der Waals surface area contributed by atoms with Crippen LogP contribution in [-0.2, 0) is 5.41 Å². The highest BCUT2D eigenvalue weighted by Gasteiger charge is 2.84. The minimum absolute atomic E-state index is 0.0414. The van der Waals surface area contributed by atoms with Crippen LogP contribution in [0.2, 0.25) is 0 Å². The molecule has 1 aromatic rings. The Bertz CT molecular complexity index is 925. The zero-order valence-electron chi connectivity index (χ0n) is 15.3. The molecule has 1 aromatic carbocycles. The average Bonchev–Trinajstić information content (AvgIpc) is 3.33. The van der Waals surface area contributed by atoms with Gasteiger partial charge in [-0.2, -0.15) is 0 Å². The summed E-state index contributed by atoms with van der Waals surface area (Å²) in [5, 5.41) is 34.2. The molecule has 6 atom stereocenters. The second-order valence-electron chi connectivity index (χ2n) is 10.0. The molecular weight excluding hydrogens is 342 g/mol. The van der Waals surface area contributed by atoms with Gasteiger partial charge in [0.05, 0.1) is 17.1 Å². The van der Waals surface area contributed by atoms with Crippen molar-refractivity contribution >= 4 is 0 Å². The Morgan fingerprint density at radius 3 is 2.89 bits per heavy atom. The van der Waals surface area contributed by atoms with Crippen LogP contribution >= 0.6 is 0 Å². The number of likely N-dealkylation sites (tertiary alicyclic amines) is 1. The van der Waals surface area contributed by atoms with E-state index in [1.807, 2.05) is 6.07 Å². The number of ether oxygens (including phenoxy) is 1. The quantitative estimate of drug-likeness (QED) is 0.698. The Morgan fingerprint density at radius 2 is 2.11 bits per heavy atom. The molecule has 5 nitrogen and oxygen atoms in total. The van der Waals surface area contributed by atoms with Crippen molar-refractivity contribution in [3.63, 3.8) is 0 Å². The lowest BCUT2D eigenvalue weighted by atomic mass is 9.56. The Balaban J connectivity index is 1.51. The number of benzene rings is 1. The second kappa shape index (κ2) is 4.22. The van der Waals surface area contributed by atoms with E-state index in [-0.39, 0.29) is 23.3 Å². The zero-order chi connectivity index (χ0) is 18.3. The first kappa shape index (κ1) is 15.4. The van der Waals surface area contributed by atoms with Crippen molar-refractivity contribution in [2.24, 2.45) is 11.3 Å². The predicted molar refractivity (Wildman–Crippen MR) is 97.6 cm³/mol. The van der Waals surface area contributed by atoms with Crippen LogP contribution in [0.25, 0.3) is 0 Å². The molecule has 5 heteroatoms. The highest BCUT2D eigenvalue weighted by atomic mass is 16.5. The summed E-state index contributed by atoms with van der Waals surface area (Å²) in [5.41, 5.74) is 0.850. The SMILES string of the molecule is C=C1CC[C@@]2(O)[C@@H]3N(CC4CC4)CC34C[C@@]23c2c(ccc(O)c2O[C@@H]13)[C@H]4O. The Kier molecular flexibility index (Phi) is 2.40. The lowest BCUT2D eigenvalue weighted by Gasteiger charge is -2.59. The van der Waals surface area contributed by atoms with Crippen molar-refractivity contribution in [1.29, 1.82) is 0 Å². The zero-order valence-corrected chi connectivity index (χ0v) is 15.3. The van der Waals surface area contributed by atoms with Gasteiger partial charge in [-0.15, -0.1) is 0 Å². The van der Waals surface area contributed by atoms with E-state index in [0.717, 1.165) is 48.5 Å². The maximum absolute atomic E-state index is 12.3. The van der Waals surface area contributed by atoms with Crippen LogP contribution in [0.4, 0.5) is 0 Å². The maximum Gasteiger partial charge on any atom is 0.166 e. The smallest absolute Gasteiger partial charge is 0.166 e. The summed E-state index contributed by atoms with van der Waals surface area (Å²) in [6, 6.07) is 3.43. The van der Waals surface area contributed by atoms with Gasteiger partial charge in [0.2, 0.25) is 0 Å². The van der Waals surface area contributed by atoms with E-state index < -0.39 is 17.1 Å². The van der Waals surface area contributed by atoms with Gasteiger partial charge in [0.1, 0.15) is 6.10 Å². The first-order valence-electron chi connectivity index (χ1n) is 10.3. The van der Waals surface area contributed by atoms with E-state index >= 15 is 0 Å². The molecule has 0 radical (unpaired) electrons. The van der Waals surface area contributed by atoms with Crippen LogP contribution in [0.1, 0.15) is 49.3 Å². The van der Waals surface area contributed by atoms with E-state index in [4.69, 9.17) is 4.74 Å². The molecule has 2 bridgehead atoms. The number of fused-ring (bicyclic) bond motifs is 1. The number of aliphatic hydroxyl groups is 2. The Morgan fingerprint density at radius 1 is 1.30 bits per heavy atom. The van der Waals surface area contributed by atoms with Crippen molar-refractivity contribution in [1.82, 2.24) is 4.90 Å². The molecule has 4 aliphatic carbocycles. The van der Waals surface area contributed by atoms with Gasteiger partial charge < -0.3 is 20.1 Å². The molecule has 0 amide bonds. The summed E-state index contributed by atoms with van der Waals surface area (Å²) in [7, 11) is 0. The average molecular weight is 367 g/mol. The molecule has 6 aliphatic rings. The van der Waals surface area contributed by atoms with Gasteiger partial charge >= 0.3 is 0 Å². The number of hydrogen-bond donors (Lipinski definition) is 3. The first-order valence-corrected chi connectivity index (χ1v) is 10.3. The maximum atomic E-state index is 12.3. The minimum atomic E-state index is -0.947. The fraction of sp³-hybridized carbons (Fsp3) is 0.636. The van der Waals surface area contributed by atoms with Gasteiger partial charge in [0.25, 0.3) is 0 Å². The van der Waals surface area contributed by atoms with E-state index in [9.17, 15) is 15.3 Å². The summed E-state index contributed by atoms with van der Waals surface area (Å²) < 4.78 is 6.29. The highest BCUT2D eigenvalue weighted by molar-refractivity contribution is 5.66. The Hall–Kier alpha value is -1.56. The van der Waals surface area contributed by atoms with Crippen molar-refractivity contribution in [2.45, 2.75) is 61.4 Å². The van der Waals surface area contributed by atoms with Crippen LogP contribution in [0, 0.1) is 11.3 Å². The summed E-state index contributed by atoms with van der Waals surface area (Å²) in [5.74, 6) is 1.31. The summed E-state index contributed by atoms with van der Waals surface area (Å²) >= 11 is 0. The fourth-order valence-corrected chi connectivity index (χ4v) is 7.74. The van der Waals surface area contributed by atoms with Gasteiger partial charge in [-0.05, 0) is 55.2 Å². The van der Waals surface area contributed by atoms with Crippen molar-refractivity contribution < 1.29 is 20.1 Å². The lowest BCUT2D eigenvalue weighted by molar-refractivity contribution is -0.188. The Labute approximate surface area is 158 Å². The van der Waals surface area contributed by atoms with Crippen molar-refractivity contribution in [3.8, 4) is 11.5 Å². The lowest BCUT2D eigenvalue weighted by Crippen LogP contribution is -2.72. The molecule has 7 rings (SSSR count). The van der Waals surface area contributed by atoms with E-state index in [1.54, 1.807) is 6.07 Å². The number of phenols is 1. The minimum Gasteiger partial charge on any atom is -0.504 e. The normalized spacial score (nSPS) is 48.7. The van der Waals surface area contributed by atoms with E-state index in [0.29, 0.717) is 12.2 Å². The van der Waals surface area contributed by atoms with Gasteiger partial charge in [0, 0.05) is 30.1 Å². The van der Waals surface area contributed by atoms with Crippen LogP contribution in [0.3, 0.4) is 0 Å². The molecule has 1 unspecified atom stereocenters. The molecule has 142 valence electrons. The topological polar surface area (TPSA) is 73.2 Å². The monoisotopic (exact) mass is 367 g/mol. The standard InChI is InChI=1S/C22H25NO4/c1-11-6-7-22(26)19-20(10-23(19)8-12-2-3-12)9-21(22)15-13(17(20)25)4-5-14(24)16(15)27-18(11)21/h4-5,12,17-19,24-26H,1-3,6-10H2/t17-,18+,19-,20?,21+,22-/m1/s1. The highest BCUT2D eigenvalue weighted by Crippen LogP contribution is 2.78. The number of nitrogens with zero attached hydrogens (tertiary/aromatic N) is 1. The van der Waals surface area contributed by atoms with Gasteiger partial charge in [-0.25, -0.2) is 0 Å². The van der Waals surface area contributed by atoms with Crippen LogP contribution in [0.5, 0.6) is 11.5 Å². The third-order valence-electron chi connectivity index (χ3n) is 8.77. The number of rotatable bonds is 2. The summed E-state index contributed by atoms with van der Waals surface area (Å²) in [6.07, 6.45) is 3.73. The number of hydrogen-bond acceptors (Lipinski definition) is 5. The molecule has 4 fully saturated rings. The van der Waals surface area contributed by atoms with Gasteiger partial charge in [-0.3, -0.25) is 4.90 Å². The van der Waals surface area contributed by atoms with Crippen molar-refractivity contribution in [2.75, 3.05) is 13.1 Å².